The van der Waals surface area contributed by atoms with Gasteiger partial charge in [0, 0.05) is 6.54 Å². The van der Waals surface area contributed by atoms with E-state index >= 15 is 0 Å². The zero-order chi connectivity index (χ0) is 19.4. The Morgan fingerprint density at radius 3 is 2.31 bits per heavy atom. The van der Waals surface area contributed by atoms with Crippen LogP contribution in [-0.2, 0) is 19.9 Å². The average molecular weight is 420 g/mol. The number of hydrogen-bond donors (Lipinski definition) is 1. The Labute approximate surface area is 157 Å². The molecule has 0 bridgehead atoms. The molecule has 2 aromatic rings. The number of benzene rings is 1. The Bertz CT molecular complexity index is 936. The van der Waals surface area contributed by atoms with E-state index in [0.29, 0.717) is 17.1 Å². The van der Waals surface area contributed by atoms with Gasteiger partial charge in [0.15, 0.2) is 21.3 Å². The Balaban J connectivity index is 2.50. The van der Waals surface area contributed by atoms with Crippen molar-refractivity contribution in [2.75, 3.05) is 26.5 Å². The fourth-order valence-electron chi connectivity index (χ4n) is 2.33. The molecule has 0 unspecified atom stereocenters. The maximum atomic E-state index is 13.1. The van der Waals surface area contributed by atoms with Crippen molar-refractivity contribution in [1.29, 1.82) is 0 Å². The van der Waals surface area contributed by atoms with E-state index in [1.807, 2.05) is 0 Å². The second-order valence-electron chi connectivity index (χ2n) is 5.33. The van der Waals surface area contributed by atoms with Gasteiger partial charge < -0.3 is 9.47 Å². The molecule has 1 aromatic carbocycles. The lowest BCUT2D eigenvalue weighted by atomic mass is 10.1. The standard InChI is InChI=1S/C16H21NO6S3/c1-4-25(18,19)17-11-15(26(20,21)16-6-5-9-24-16)12-7-8-13(22-2)14(10-12)23-3/h5-10,15,17H,4,11H2,1-3H3/t15-/m0/s1. The van der Waals surface area contributed by atoms with Gasteiger partial charge in [-0.1, -0.05) is 12.1 Å². The van der Waals surface area contributed by atoms with Gasteiger partial charge in [-0.05, 0) is 36.1 Å². The van der Waals surface area contributed by atoms with Gasteiger partial charge in [0.1, 0.15) is 9.46 Å². The van der Waals surface area contributed by atoms with E-state index in [2.05, 4.69) is 4.72 Å². The maximum absolute atomic E-state index is 13.1. The molecular formula is C16H21NO6S3. The minimum absolute atomic E-state index is 0.134. The van der Waals surface area contributed by atoms with E-state index in [1.54, 1.807) is 29.6 Å². The smallest absolute Gasteiger partial charge is 0.211 e. The summed E-state index contributed by atoms with van der Waals surface area (Å²) < 4.78 is 62.7. The van der Waals surface area contributed by atoms with Crippen molar-refractivity contribution in [3.8, 4) is 11.5 Å². The minimum atomic E-state index is -3.79. The number of methoxy groups -OCH3 is 2. The molecule has 0 spiro atoms. The highest BCUT2D eigenvalue weighted by Gasteiger charge is 2.31. The lowest BCUT2D eigenvalue weighted by Crippen LogP contribution is -2.32. The van der Waals surface area contributed by atoms with Crippen molar-refractivity contribution in [2.45, 2.75) is 16.4 Å². The predicted octanol–water partition coefficient (Wildman–Crippen LogP) is 2.22. The van der Waals surface area contributed by atoms with E-state index in [9.17, 15) is 16.8 Å². The first-order chi connectivity index (χ1) is 12.2. The molecule has 2 rings (SSSR count). The summed E-state index contributed by atoms with van der Waals surface area (Å²) in [5.41, 5.74) is 0.412. The Kier molecular flexibility index (Phi) is 6.67. The van der Waals surface area contributed by atoms with Crippen molar-refractivity contribution in [3.05, 3.63) is 41.3 Å². The van der Waals surface area contributed by atoms with Gasteiger partial charge in [0.05, 0.1) is 20.0 Å². The molecule has 0 saturated carbocycles. The fraction of sp³-hybridized carbons (Fsp3) is 0.375. The molecule has 0 fully saturated rings. The highest BCUT2D eigenvalue weighted by Crippen LogP contribution is 2.36. The summed E-state index contributed by atoms with van der Waals surface area (Å²) in [5, 5.41) is 0.566. The lowest BCUT2D eigenvalue weighted by molar-refractivity contribution is 0.354. The van der Waals surface area contributed by atoms with Gasteiger partial charge >= 0.3 is 0 Å². The second-order valence-corrected chi connectivity index (χ2v) is 10.7. The number of rotatable bonds is 9. The van der Waals surface area contributed by atoms with Crippen LogP contribution in [-0.4, -0.2) is 43.4 Å². The monoisotopic (exact) mass is 419 g/mol. The molecule has 0 saturated heterocycles. The van der Waals surface area contributed by atoms with Gasteiger partial charge in [-0.15, -0.1) is 11.3 Å². The molecule has 1 aromatic heterocycles. The van der Waals surface area contributed by atoms with Crippen LogP contribution >= 0.6 is 11.3 Å². The number of nitrogens with one attached hydrogen (secondary N) is 1. The first-order valence-corrected chi connectivity index (χ1v) is 11.8. The molecule has 1 heterocycles. The van der Waals surface area contributed by atoms with Crippen LogP contribution in [0.15, 0.2) is 39.9 Å². The van der Waals surface area contributed by atoms with E-state index in [-0.39, 0.29) is 16.5 Å². The Morgan fingerprint density at radius 2 is 1.77 bits per heavy atom. The van der Waals surface area contributed by atoms with E-state index < -0.39 is 25.1 Å². The number of sulfone groups is 1. The van der Waals surface area contributed by atoms with Crippen LogP contribution in [0.4, 0.5) is 0 Å². The predicted molar refractivity (Wildman–Crippen MR) is 101 cm³/mol. The quantitative estimate of drug-likeness (QED) is 0.669. The highest BCUT2D eigenvalue weighted by atomic mass is 32.2. The molecule has 1 atom stereocenters. The first kappa shape index (κ1) is 20.7. The highest BCUT2D eigenvalue weighted by molar-refractivity contribution is 7.93. The molecule has 1 N–H and O–H groups in total. The van der Waals surface area contributed by atoms with Crippen molar-refractivity contribution in [1.82, 2.24) is 4.72 Å². The van der Waals surface area contributed by atoms with Crippen LogP contribution in [0.2, 0.25) is 0 Å². The van der Waals surface area contributed by atoms with Crippen LogP contribution in [0.5, 0.6) is 11.5 Å². The van der Waals surface area contributed by atoms with Crippen molar-refractivity contribution >= 4 is 31.2 Å². The summed E-state index contributed by atoms with van der Waals surface area (Å²) in [6.07, 6.45) is 0. The Hall–Kier alpha value is -1.62. The van der Waals surface area contributed by atoms with Crippen molar-refractivity contribution < 1.29 is 26.3 Å². The molecule has 10 heteroatoms. The third-order valence-electron chi connectivity index (χ3n) is 3.80. The third-order valence-corrected chi connectivity index (χ3v) is 8.70. The second kappa shape index (κ2) is 8.38. The SMILES string of the molecule is CCS(=O)(=O)NC[C@@H](c1ccc(OC)c(OC)c1)S(=O)(=O)c1cccs1. The van der Waals surface area contributed by atoms with Gasteiger partial charge in [0.25, 0.3) is 0 Å². The number of sulfonamides is 1. The molecule has 0 amide bonds. The molecule has 0 radical (unpaired) electrons. The average Bonchev–Trinajstić information content (AvgIpc) is 3.17. The van der Waals surface area contributed by atoms with E-state index in [0.717, 1.165) is 11.3 Å². The molecular weight excluding hydrogens is 398 g/mol. The lowest BCUT2D eigenvalue weighted by Gasteiger charge is -2.19. The Morgan fingerprint density at radius 1 is 1.08 bits per heavy atom. The fourth-order valence-corrected chi connectivity index (χ4v) is 5.92. The summed E-state index contributed by atoms with van der Waals surface area (Å²) in [5.74, 6) is 0.692. The normalized spacial score (nSPS) is 13.3. The molecule has 0 aliphatic carbocycles. The molecule has 0 aliphatic rings. The topological polar surface area (TPSA) is 98.8 Å². The van der Waals surface area contributed by atoms with Crippen LogP contribution < -0.4 is 14.2 Å². The largest absolute Gasteiger partial charge is 0.493 e. The third kappa shape index (κ3) is 4.56. The van der Waals surface area contributed by atoms with E-state index in [1.165, 1.54) is 27.2 Å². The van der Waals surface area contributed by atoms with E-state index in [4.69, 9.17) is 9.47 Å². The zero-order valence-corrected chi connectivity index (χ0v) is 17.1. The van der Waals surface area contributed by atoms with Crippen LogP contribution in [0.3, 0.4) is 0 Å². The molecule has 144 valence electrons. The number of hydrogen-bond acceptors (Lipinski definition) is 7. The minimum Gasteiger partial charge on any atom is -0.493 e. The first-order valence-electron chi connectivity index (χ1n) is 7.71. The summed E-state index contributed by atoms with van der Waals surface area (Å²) in [7, 11) is -4.41. The van der Waals surface area contributed by atoms with Crippen LogP contribution in [0.25, 0.3) is 0 Å². The van der Waals surface area contributed by atoms with Gasteiger partial charge in [0.2, 0.25) is 10.0 Å². The number of ether oxygens (including phenoxy) is 2. The molecule has 26 heavy (non-hydrogen) atoms. The van der Waals surface area contributed by atoms with Gasteiger partial charge in [-0.2, -0.15) is 0 Å². The molecule has 0 aliphatic heterocycles. The maximum Gasteiger partial charge on any atom is 0.211 e. The van der Waals surface area contributed by atoms with Crippen molar-refractivity contribution in [3.63, 3.8) is 0 Å². The number of thiophene rings is 1. The van der Waals surface area contributed by atoms with Crippen LogP contribution in [0, 0.1) is 0 Å². The summed E-state index contributed by atoms with van der Waals surface area (Å²) in [6, 6.07) is 7.88. The van der Waals surface area contributed by atoms with Gasteiger partial charge in [-0.25, -0.2) is 21.6 Å². The summed E-state index contributed by atoms with van der Waals surface area (Å²) >= 11 is 1.09. The van der Waals surface area contributed by atoms with Gasteiger partial charge in [-0.3, -0.25) is 0 Å². The van der Waals surface area contributed by atoms with Crippen LogP contribution in [0.1, 0.15) is 17.7 Å². The summed E-state index contributed by atoms with van der Waals surface area (Å²) in [6.45, 7) is 1.22. The molecule has 7 nitrogen and oxygen atoms in total. The van der Waals surface area contributed by atoms with Crippen molar-refractivity contribution in [2.24, 2.45) is 0 Å². The zero-order valence-electron chi connectivity index (χ0n) is 14.6. The summed E-state index contributed by atoms with van der Waals surface area (Å²) in [4.78, 5) is 0.